The van der Waals surface area contributed by atoms with E-state index in [1.807, 2.05) is 12.1 Å². The fraction of sp³-hybridized carbons (Fsp3) is 0.263. The fourth-order valence-electron chi connectivity index (χ4n) is 2.42. The highest BCUT2D eigenvalue weighted by molar-refractivity contribution is 9.10. The molecule has 0 bridgehead atoms. The van der Waals surface area contributed by atoms with Crippen molar-refractivity contribution in [1.29, 1.82) is 0 Å². The molecule has 0 saturated heterocycles. The monoisotopic (exact) mass is 472 g/mol. The summed E-state index contributed by atoms with van der Waals surface area (Å²) in [6.07, 6.45) is 0. The predicted octanol–water partition coefficient (Wildman–Crippen LogP) is 4.30. The fourth-order valence-corrected chi connectivity index (χ4v) is 3.41. The number of nitrogens with zero attached hydrogens (tertiary/aromatic N) is 1. The van der Waals surface area contributed by atoms with Gasteiger partial charge in [0, 0.05) is 23.6 Å². The first-order chi connectivity index (χ1) is 12.8. The number of amides is 2. The van der Waals surface area contributed by atoms with Crippen LogP contribution in [0.15, 0.2) is 46.9 Å². The second-order valence-electron chi connectivity index (χ2n) is 5.77. The Labute approximate surface area is 176 Å². The van der Waals surface area contributed by atoms with Gasteiger partial charge in [0.25, 0.3) is 5.91 Å². The lowest BCUT2D eigenvalue weighted by molar-refractivity contribution is -0.142. The van der Waals surface area contributed by atoms with E-state index in [-0.39, 0.29) is 25.0 Å². The molecule has 2 aromatic rings. The van der Waals surface area contributed by atoms with Crippen LogP contribution in [0.5, 0.6) is 5.75 Å². The Morgan fingerprint density at radius 3 is 2.56 bits per heavy atom. The minimum atomic E-state index is -0.684. The highest BCUT2D eigenvalue weighted by Gasteiger charge is 2.26. The van der Waals surface area contributed by atoms with Crippen molar-refractivity contribution in [3.8, 4) is 5.75 Å². The lowest BCUT2D eigenvalue weighted by Gasteiger charge is -2.28. The number of ether oxygens (including phenoxy) is 1. The van der Waals surface area contributed by atoms with Crippen LogP contribution in [0.1, 0.15) is 12.5 Å². The van der Waals surface area contributed by atoms with Crippen LogP contribution >= 0.6 is 39.1 Å². The molecule has 27 heavy (non-hydrogen) atoms. The summed E-state index contributed by atoms with van der Waals surface area (Å²) in [4.78, 5) is 26.3. The van der Waals surface area contributed by atoms with Gasteiger partial charge in [0.15, 0.2) is 6.61 Å². The van der Waals surface area contributed by atoms with E-state index in [0.29, 0.717) is 20.3 Å². The van der Waals surface area contributed by atoms with Crippen LogP contribution in [0.25, 0.3) is 0 Å². The van der Waals surface area contributed by atoms with Crippen molar-refractivity contribution in [2.75, 3.05) is 13.7 Å². The minimum absolute atomic E-state index is 0.193. The highest BCUT2D eigenvalue weighted by atomic mass is 79.9. The molecule has 144 valence electrons. The molecule has 0 spiro atoms. The largest absolute Gasteiger partial charge is 0.483 e. The Morgan fingerprint density at radius 1 is 1.22 bits per heavy atom. The van der Waals surface area contributed by atoms with Gasteiger partial charge in [0.2, 0.25) is 5.91 Å². The Bertz CT molecular complexity index is 832. The van der Waals surface area contributed by atoms with E-state index < -0.39 is 6.04 Å². The molecule has 8 heteroatoms. The lowest BCUT2D eigenvalue weighted by atomic mass is 10.1. The number of carbonyl (C=O) groups excluding carboxylic acids is 2. The van der Waals surface area contributed by atoms with Crippen molar-refractivity contribution in [3.63, 3.8) is 0 Å². The van der Waals surface area contributed by atoms with E-state index in [9.17, 15) is 9.59 Å². The molecule has 2 amide bonds. The summed E-state index contributed by atoms with van der Waals surface area (Å²) < 4.78 is 6.24. The van der Waals surface area contributed by atoms with Crippen molar-refractivity contribution in [1.82, 2.24) is 10.2 Å². The Balaban J connectivity index is 2.17. The van der Waals surface area contributed by atoms with Crippen molar-refractivity contribution in [2.45, 2.75) is 19.5 Å². The molecule has 0 aliphatic rings. The van der Waals surface area contributed by atoms with Crippen molar-refractivity contribution < 1.29 is 14.3 Å². The number of hydrogen-bond acceptors (Lipinski definition) is 3. The highest BCUT2D eigenvalue weighted by Crippen LogP contribution is 2.28. The normalized spacial score (nSPS) is 11.6. The summed E-state index contributed by atoms with van der Waals surface area (Å²) in [6, 6.07) is 11.5. The van der Waals surface area contributed by atoms with Crippen LogP contribution in [0.3, 0.4) is 0 Å². The zero-order valence-electron chi connectivity index (χ0n) is 14.8. The summed E-state index contributed by atoms with van der Waals surface area (Å²) in [7, 11) is 1.53. The van der Waals surface area contributed by atoms with E-state index >= 15 is 0 Å². The molecule has 1 N–H and O–H groups in total. The molecule has 0 radical (unpaired) electrons. The molecule has 1 atom stereocenters. The molecular formula is C19H19BrCl2N2O3. The van der Waals surface area contributed by atoms with Gasteiger partial charge in [-0.2, -0.15) is 0 Å². The van der Waals surface area contributed by atoms with Gasteiger partial charge >= 0.3 is 0 Å². The van der Waals surface area contributed by atoms with Crippen LogP contribution in [0, 0.1) is 0 Å². The second kappa shape index (κ2) is 9.97. The van der Waals surface area contributed by atoms with Gasteiger partial charge in [0.1, 0.15) is 11.8 Å². The average molecular weight is 474 g/mol. The maximum atomic E-state index is 12.8. The predicted molar refractivity (Wildman–Crippen MR) is 110 cm³/mol. The first-order valence-corrected chi connectivity index (χ1v) is 9.70. The van der Waals surface area contributed by atoms with E-state index in [0.717, 1.165) is 5.56 Å². The topological polar surface area (TPSA) is 58.6 Å². The van der Waals surface area contributed by atoms with Crippen LogP contribution in [-0.4, -0.2) is 36.4 Å². The smallest absolute Gasteiger partial charge is 0.261 e. The molecule has 0 fully saturated rings. The molecule has 2 rings (SSSR count). The summed E-state index contributed by atoms with van der Waals surface area (Å²) >= 11 is 15.5. The van der Waals surface area contributed by atoms with Crippen LogP contribution in [0.4, 0.5) is 0 Å². The third-order valence-electron chi connectivity index (χ3n) is 3.96. The Kier molecular flexibility index (Phi) is 7.95. The van der Waals surface area contributed by atoms with Gasteiger partial charge in [-0.25, -0.2) is 0 Å². The third kappa shape index (κ3) is 5.86. The Hall–Kier alpha value is -1.76. The van der Waals surface area contributed by atoms with E-state index in [1.165, 1.54) is 11.9 Å². The lowest BCUT2D eigenvalue weighted by Crippen LogP contribution is -2.48. The number of rotatable bonds is 7. The van der Waals surface area contributed by atoms with Gasteiger partial charge in [-0.05, 0) is 52.7 Å². The number of halogens is 3. The maximum absolute atomic E-state index is 12.8. The molecular weight excluding hydrogens is 455 g/mol. The first-order valence-electron chi connectivity index (χ1n) is 8.15. The number of hydrogen-bond donors (Lipinski definition) is 1. The number of nitrogens with one attached hydrogen (secondary N) is 1. The van der Waals surface area contributed by atoms with Gasteiger partial charge in [-0.1, -0.05) is 41.4 Å². The van der Waals surface area contributed by atoms with E-state index in [4.69, 9.17) is 27.9 Å². The van der Waals surface area contributed by atoms with Gasteiger partial charge < -0.3 is 15.0 Å². The van der Waals surface area contributed by atoms with Crippen LogP contribution in [0.2, 0.25) is 10.0 Å². The Morgan fingerprint density at radius 2 is 1.93 bits per heavy atom. The summed E-state index contributed by atoms with van der Waals surface area (Å²) in [6.45, 7) is 1.62. The number of benzene rings is 2. The summed E-state index contributed by atoms with van der Waals surface area (Å²) in [5.74, 6) is -0.131. The molecule has 0 aliphatic carbocycles. The third-order valence-corrected chi connectivity index (χ3v) is 5.18. The summed E-state index contributed by atoms with van der Waals surface area (Å²) in [5, 5.41) is 3.64. The average Bonchev–Trinajstić information content (AvgIpc) is 2.65. The summed E-state index contributed by atoms with van der Waals surface area (Å²) in [5.41, 5.74) is 0.746. The van der Waals surface area contributed by atoms with E-state index in [2.05, 4.69) is 21.2 Å². The SMILES string of the molecule is CNC(=O)[C@@H](C)N(Cc1ccccc1Cl)C(=O)COc1ccc(Cl)cc1Br. The van der Waals surface area contributed by atoms with Crippen molar-refractivity contribution in [2.24, 2.45) is 0 Å². The molecule has 0 saturated carbocycles. The molecule has 5 nitrogen and oxygen atoms in total. The quantitative estimate of drug-likeness (QED) is 0.652. The molecule has 2 aromatic carbocycles. The molecule has 0 aliphatic heterocycles. The second-order valence-corrected chi connectivity index (χ2v) is 7.46. The molecule has 0 unspecified atom stereocenters. The maximum Gasteiger partial charge on any atom is 0.261 e. The molecule has 0 aromatic heterocycles. The van der Waals surface area contributed by atoms with E-state index in [1.54, 1.807) is 37.3 Å². The van der Waals surface area contributed by atoms with Gasteiger partial charge in [0.05, 0.1) is 4.47 Å². The van der Waals surface area contributed by atoms with Gasteiger partial charge in [-0.15, -0.1) is 0 Å². The zero-order valence-corrected chi connectivity index (χ0v) is 17.9. The van der Waals surface area contributed by atoms with Crippen molar-refractivity contribution >= 4 is 50.9 Å². The van der Waals surface area contributed by atoms with Crippen LogP contribution in [-0.2, 0) is 16.1 Å². The number of carbonyl (C=O) groups is 2. The first kappa shape index (κ1) is 21.5. The molecule has 0 heterocycles. The van der Waals surface area contributed by atoms with Crippen LogP contribution < -0.4 is 10.1 Å². The zero-order chi connectivity index (χ0) is 20.0. The standard InChI is InChI=1S/C19H19BrCl2N2O3/c1-12(19(26)23-2)24(10-13-5-3-4-6-16(13)22)18(25)11-27-17-8-7-14(21)9-15(17)20/h3-9,12H,10-11H2,1-2H3,(H,23,26)/t12-/m1/s1. The van der Waals surface area contributed by atoms with Gasteiger partial charge in [-0.3, -0.25) is 9.59 Å². The van der Waals surface area contributed by atoms with Crippen molar-refractivity contribution in [3.05, 3.63) is 62.5 Å². The minimum Gasteiger partial charge on any atom is -0.483 e. The number of likely N-dealkylation sites (N-methyl/N-ethyl adjacent to an activating group) is 1.